The zero-order chi connectivity index (χ0) is 15.1. The van der Waals surface area contributed by atoms with Gasteiger partial charge in [0.15, 0.2) is 11.5 Å². The van der Waals surface area contributed by atoms with Crippen molar-refractivity contribution < 1.29 is 9.47 Å². The molecule has 0 unspecified atom stereocenters. The summed E-state index contributed by atoms with van der Waals surface area (Å²) in [6, 6.07) is 6.91. The SMILES string of the molecule is CC[C@H](C)Oc1c(Cl)cc(C=C(C#N)C#N)cc1OC. The predicted molar refractivity (Wildman–Crippen MR) is 77.6 cm³/mol. The summed E-state index contributed by atoms with van der Waals surface area (Å²) in [6.07, 6.45) is 2.30. The largest absolute Gasteiger partial charge is 0.493 e. The minimum atomic E-state index is -0.00119. The Kier molecular flexibility index (Phi) is 5.90. The van der Waals surface area contributed by atoms with E-state index in [1.165, 1.54) is 13.2 Å². The molecule has 0 aliphatic carbocycles. The predicted octanol–water partition coefficient (Wildman–Crippen LogP) is 3.96. The van der Waals surface area contributed by atoms with Gasteiger partial charge in [0.1, 0.15) is 17.7 Å². The summed E-state index contributed by atoms with van der Waals surface area (Å²) in [6.45, 7) is 3.95. The molecule has 1 rings (SSSR count). The van der Waals surface area contributed by atoms with Crippen molar-refractivity contribution in [3.05, 3.63) is 28.3 Å². The van der Waals surface area contributed by atoms with Crippen molar-refractivity contribution in [3.63, 3.8) is 0 Å². The van der Waals surface area contributed by atoms with E-state index in [1.54, 1.807) is 24.3 Å². The molecule has 0 N–H and O–H groups in total. The van der Waals surface area contributed by atoms with Crippen LogP contribution in [0.5, 0.6) is 11.5 Å². The second-order valence-corrected chi connectivity index (χ2v) is 4.56. The standard InChI is InChI=1S/C15H15ClN2O2/c1-4-10(2)20-15-13(16)6-11(7-14(15)19-3)5-12(8-17)9-18/h5-7,10H,4H2,1-3H3/t10-/m0/s1. The molecular weight excluding hydrogens is 276 g/mol. The number of ether oxygens (including phenoxy) is 2. The van der Waals surface area contributed by atoms with Gasteiger partial charge in [-0.05, 0) is 37.1 Å². The molecule has 1 atom stereocenters. The zero-order valence-electron chi connectivity index (χ0n) is 11.6. The first kappa shape index (κ1) is 15.9. The van der Waals surface area contributed by atoms with Gasteiger partial charge in [0, 0.05) is 0 Å². The van der Waals surface area contributed by atoms with E-state index in [-0.39, 0.29) is 11.7 Å². The van der Waals surface area contributed by atoms with E-state index in [2.05, 4.69) is 0 Å². The molecule has 0 radical (unpaired) electrons. The second kappa shape index (κ2) is 7.43. The van der Waals surface area contributed by atoms with Gasteiger partial charge in [-0.25, -0.2) is 0 Å². The number of hydrogen-bond donors (Lipinski definition) is 0. The molecule has 0 bridgehead atoms. The van der Waals surface area contributed by atoms with Crippen LogP contribution in [-0.4, -0.2) is 13.2 Å². The van der Waals surface area contributed by atoms with Crippen molar-refractivity contribution in [2.24, 2.45) is 0 Å². The summed E-state index contributed by atoms with van der Waals surface area (Å²) >= 11 is 6.18. The maximum Gasteiger partial charge on any atom is 0.180 e. The smallest absolute Gasteiger partial charge is 0.180 e. The number of benzene rings is 1. The van der Waals surface area contributed by atoms with Gasteiger partial charge in [-0.1, -0.05) is 18.5 Å². The van der Waals surface area contributed by atoms with Gasteiger partial charge in [-0.2, -0.15) is 10.5 Å². The van der Waals surface area contributed by atoms with Crippen molar-refractivity contribution in [3.8, 4) is 23.6 Å². The fraction of sp³-hybridized carbons (Fsp3) is 0.333. The van der Waals surface area contributed by atoms with Crippen LogP contribution in [0.3, 0.4) is 0 Å². The molecule has 1 aromatic rings. The molecule has 0 saturated carbocycles. The van der Waals surface area contributed by atoms with E-state index in [4.69, 9.17) is 31.6 Å². The topological polar surface area (TPSA) is 66.0 Å². The Hall–Kier alpha value is -2.17. The van der Waals surface area contributed by atoms with Crippen molar-refractivity contribution in [2.45, 2.75) is 26.4 Å². The third-order valence-electron chi connectivity index (χ3n) is 2.70. The molecule has 0 saturated heterocycles. The molecule has 0 aliphatic heterocycles. The molecule has 4 nitrogen and oxygen atoms in total. The van der Waals surface area contributed by atoms with Gasteiger partial charge in [-0.3, -0.25) is 0 Å². The van der Waals surface area contributed by atoms with E-state index < -0.39 is 0 Å². The third kappa shape index (κ3) is 3.91. The van der Waals surface area contributed by atoms with E-state index >= 15 is 0 Å². The van der Waals surface area contributed by atoms with Crippen LogP contribution in [0.1, 0.15) is 25.8 Å². The van der Waals surface area contributed by atoms with Gasteiger partial charge >= 0.3 is 0 Å². The molecule has 0 spiro atoms. The Labute approximate surface area is 123 Å². The third-order valence-corrected chi connectivity index (χ3v) is 2.98. The molecule has 20 heavy (non-hydrogen) atoms. The van der Waals surface area contributed by atoms with Crippen LogP contribution in [0, 0.1) is 22.7 Å². The number of nitriles is 2. The lowest BCUT2D eigenvalue weighted by molar-refractivity contribution is 0.208. The first-order valence-corrected chi connectivity index (χ1v) is 6.49. The number of hydrogen-bond acceptors (Lipinski definition) is 4. The molecule has 104 valence electrons. The average Bonchev–Trinajstić information content (AvgIpc) is 2.46. The van der Waals surface area contributed by atoms with E-state index in [0.29, 0.717) is 22.1 Å². The van der Waals surface area contributed by atoms with Crippen molar-refractivity contribution >= 4 is 17.7 Å². The first-order valence-electron chi connectivity index (χ1n) is 6.11. The Morgan fingerprint density at radius 2 is 2.05 bits per heavy atom. The fourth-order valence-electron chi connectivity index (χ4n) is 1.48. The quantitative estimate of drug-likeness (QED) is 0.770. The summed E-state index contributed by atoms with van der Waals surface area (Å²) in [5.74, 6) is 0.940. The summed E-state index contributed by atoms with van der Waals surface area (Å²) in [5, 5.41) is 17.9. The minimum absolute atomic E-state index is 0.00119. The highest BCUT2D eigenvalue weighted by atomic mass is 35.5. The lowest BCUT2D eigenvalue weighted by atomic mass is 10.1. The number of halogens is 1. The normalized spacial score (nSPS) is 10.9. The Bertz CT molecular complexity index is 581. The van der Waals surface area contributed by atoms with Crippen LogP contribution in [0.25, 0.3) is 6.08 Å². The highest BCUT2D eigenvalue weighted by Crippen LogP contribution is 2.37. The number of methoxy groups -OCH3 is 1. The van der Waals surface area contributed by atoms with Gasteiger partial charge in [-0.15, -0.1) is 0 Å². The van der Waals surface area contributed by atoms with Gasteiger partial charge in [0.2, 0.25) is 0 Å². The number of nitrogens with zero attached hydrogens (tertiary/aromatic N) is 2. The van der Waals surface area contributed by atoms with Crippen molar-refractivity contribution in [1.82, 2.24) is 0 Å². The zero-order valence-corrected chi connectivity index (χ0v) is 12.4. The maximum atomic E-state index is 8.76. The molecule has 0 aliphatic rings. The van der Waals surface area contributed by atoms with Crippen LogP contribution in [0.2, 0.25) is 5.02 Å². The van der Waals surface area contributed by atoms with E-state index in [0.717, 1.165) is 6.42 Å². The Balaban J connectivity index is 3.24. The molecule has 0 heterocycles. The van der Waals surface area contributed by atoms with Crippen LogP contribution in [-0.2, 0) is 0 Å². The van der Waals surface area contributed by atoms with Crippen LogP contribution >= 0.6 is 11.6 Å². The summed E-state index contributed by atoms with van der Waals surface area (Å²) in [4.78, 5) is 0. The molecule has 5 heteroatoms. The molecular formula is C15H15ClN2O2. The lowest BCUT2D eigenvalue weighted by Crippen LogP contribution is -2.11. The first-order chi connectivity index (χ1) is 9.55. The van der Waals surface area contributed by atoms with Crippen LogP contribution < -0.4 is 9.47 Å². The Morgan fingerprint density at radius 3 is 2.55 bits per heavy atom. The van der Waals surface area contributed by atoms with Crippen LogP contribution in [0.15, 0.2) is 17.7 Å². The molecule has 0 fully saturated rings. The van der Waals surface area contributed by atoms with Gasteiger partial charge < -0.3 is 9.47 Å². The van der Waals surface area contributed by atoms with Crippen molar-refractivity contribution in [1.29, 1.82) is 10.5 Å². The second-order valence-electron chi connectivity index (χ2n) is 4.15. The summed E-state index contributed by atoms with van der Waals surface area (Å²) in [7, 11) is 1.51. The molecule has 0 amide bonds. The monoisotopic (exact) mass is 290 g/mol. The lowest BCUT2D eigenvalue weighted by Gasteiger charge is -2.17. The van der Waals surface area contributed by atoms with Gasteiger partial charge in [0.25, 0.3) is 0 Å². The summed E-state index contributed by atoms with van der Waals surface area (Å²) < 4.78 is 11.0. The average molecular weight is 291 g/mol. The number of rotatable bonds is 5. The minimum Gasteiger partial charge on any atom is -0.493 e. The van der Waals surface area contributed by atoms with E-state index in [1.807, 2.05) is 13.8 Å². The van der Waals surface area contributed by atoms with Gasteiger partial charge in [0.05, 0.1) is 18.2 Å². The van der Waals surface area contributed by atoms with E-state index in [9.17, 15) is 0 Å². The van der Waals surface area contributed by atoms with Crippen molar-refractivity contribution in [2.75, 3.05) is 7.11 Å². The van der Waals surface area contributed by atoms with Crippen LogP contribution in [0.4, 0.5) is 0 Å². The fourth-order valence-corrected chi connectivity index (χ4v) is 1.74. The summed E-state index contributed by atoms with van der Waals surface area (Å²) in [5.41, 5.74) is 0.611. The Morgan fingerprint density at radius 1 is 1.40 bits per heavy atom. The molecule has 0 aromatic heterocycles. The number of allylic oxidation sites excluding steroid dienone is 1. The highest BCUT2D eigenvalue weighted by molar-refractivity contribution is 6.32. The molecule has 1 aromatic carbocycles. The highest BCUT2D eigenvalue weighted by Gasteiger charge is 2.14. The maximum absolute atomic E-state index is 8.76.